The quantitative estimate of drug-likeness (QED) is 0.606. The Morgan fingerprint density at radius 2 is 1.92 bits per heavy atom. The zero-order valence-corrected chi connectivity index (χ0v) is 8.79. The fourth-order valence-corrected chi connectivity index (χ4v) is 2.56. The minimum absolute atomic E-state index is 0.666. The maximum absolute atomic E-state index is 4.17. The van der Waals surface area contributed by atoms with Gasteiger partial charge in [0, 0.05) is 37.4 Å². The van der Waals surface area contributed by atoms with Gasteiger partial charge in [0.1, 0.15) is 0 Å². The van der Waals surface area contributed by atoms with Crippen LogP contribution in [0.4, 0.5) is 0 Å². The molecule has 3 heterocycles. The van der Waals surface area contributed by atoms with E-state index in [9.17, 15) is 0 Å². The summed E-state index contributed by atoms with van der Waals surface area (Å²) in [5.41, 5.74) is 1.33. The van der Waals surface area contributed by atoms with E-state index in [1.807, 2.05) is 0 Å². The molecule has 3 saturated heterocycles. The van der Waals surface area contributed by atoms with Crippen molar-refractivity contribution < 1.29 is 0 Å². The molecule has 0 aliphatic carbocycles. The maximum atomic E-state index is 4.17. The Morgan fingerprint density at radius 1 is 1.31 bits per heavy atom. The molecule has 0 spiro atoms. The van der Waals surface area contributed by atoms with Crippen molar-refractivity contribution in [3.63, 3.8) is 0 Å². The maximum Gasteiger partial charge on any atom is 0.0383 e. The summed E-state index contributed by atoms with van der Waals surface area (Å²) in [5.74, 6) is 0. The molecule has 0 aromatic carbocycles. The van der Waals surface area contributed by atoms with E-state index in [0.717, 1.165) is 12.6 Å². The van der Waals surface area contributed by atoms with Crippen molar-refractivity contribution in [1.82, 2.24) is 9.80 Å². The van der Waals surface area contributed by atoms with Crippen LogP contribution in [0.25, 0.3) is 0 Å². The Balaban J connectivity index is 2.16. The van der Waals surface area contributed by atoms with Crippen LogP contribution in [0.1, 0.15) is 26.7 Å². The summed E-state index contributed by atoms with van der Waals surface area (Å²) in [6, 6.07) is 1.48. The molecule has 0 atom stereocenters. The van der Waals surface area contributed by atoms with Crippen molar-refractivity contribution in [3.05, 3.63) is 12.3 Å². The third-order valence-electron chi connectivity index (χ3n) is 3.41. The van der Waals surface area contributed by atoms with E-state index in [1.54, 1.807) is 0 Å². The Kier molecular flexibility index (Phi) is 2.33. The molecule has 0 amide bonds. The topological polar surface area (TPSA) is 6.48 Å². The highest BCUT2D eigenvalue weighted by Gasteiger charge is 2.31. The molecule has 74 valence electrons. The number of rotatable bonds is 1. The lowest BCUT2D eigenvalue weighted by atomic mass is 10.0. The number of hydrogen-bond acceptors (Lipinski definition) is 2. The first-order valence-corrected chi connectivity index (χ1v) is 5.37. The Hall–Kier alpha value is -0.500. The predicted molar refractivity (Wildman–Crippen MR) is 55.6 cm³/mol. The van der Waals surface area contributed by atoms with Gasteiger partial charge in [-0.25, -0.2) is 0 Å². The largest absolute Gasteiger partial charge is 0.374 e. The van der Waals surface area contributed by atoms with Gasteiger partial charge in [-0.1, -0.05) is 6.58 Å². The van der Waals surface area contributed by atoms with Crippen molar-refractivity contribution in [2.24, 2.45) is 0 Å². The normalized spacial score (nSPS) is 25.8. The molecule has 3 rings (SSSR count). The van der Waals surface area contributed by atoms with E-state index in [2.05, 4.69) is 30.2 Å². The Morgan fingerprint density at radius 3 is 2.46 bits per heavy atom. The second-order valence-electron chi connectivity index (χ2n) is 4.55. The Bertz CT molecular complexity index is 202. The molecule has 0 saturated carbocycles. The monoisotopic (exact) mass is 180 g/mol. The first kappa shape index (κ1) is 9.07. The molecule has 2 bridgehead atoms. The lowest BCUT2D eigenvalue weighted by molar-refractivity contribution is 0.150. The number of hydrogen-bond donors (Lipinski definition) is 0. The molecule has 3 aliphatic heterocycles. The van der Waals surface area contributed by atoms with Gasteiger partial charge in [0.2, 0.25) is 0 Å². The molecule has 2 heteroatoms. The summed E-state index contributed by atoms with van der Waals surface area (Å²) in [6.07, 6.45) is 2.66. The lowest BCUT2D eigenvalue weighted by Crippen LogP contribution is -2.41. The van der Waals surface area contributed by atoms with E-state index in [4.69, 9.17) is 0 Å². The van der Waals surface area contributed by atoms with Gasteiger partial charge in [0.05, 0.1) is 0 Å². The van der Waals surface area contributed by atoms with Crippen molar-refractivity contribution in [3.8, 4) is 0 Å². The van der Waals surface area contributed by atoms with Gasteiger partial charge in [-0.15, -0.1) is 0 Å². The minimum Gasteiger partial charge on any atom is -0.374 e. The van der Waals surface area contributed by atoms with Crippen LogP contribution < -0.4 is 0 Å². The highest BCUT2D eigenvalue weighted by atomic mass is 15.3. The van der Waals surface area contributed by atoms with Gasteiger partial charge in [-0.05, 0) is 26.7 Å². The molecule has 0 radical (unpaired) electrons. The molecule has 0 aromatic rings. The second-order valence-corrected chi connectivity index (χ2v) is 4.55. The molecule has 2 nitrogen and oxygen atoms in total. The summed E-state index contributed by atoms with van der Waals surface area (Å²) in [7, 11) is 0. The van der Waals surface area contributed by atoms with E-state index in [-0.39, 0.29) is 0 Å². The van der Waals surface area contributed by atoms with Crippen molar-refractivity contribution in [1.29, 1.82) is 0 Å². The van der Waals surface area contributed by atoms with Gasteiger partial charge < -0.3 is 4.90 Å². The average Bonchev–Trinajstić information content (AvgIpc) is 2.36. The molecular formula is C11H20N2. The van der Waals surface area contributed by atoms with Crippen LogP contribution in [0, 0.1) is 0 Å². The van der Waals surface area contributed by atoms with Gasteiger partial charge in [0.25, 0.3) is 0 Å². The van der Waals surface area contributed by atoms with Crippen molar-refractivity contribution in [2.45, 2.75) is 38.8 Å². The fourth-order valence-electron chi connectivity index (χ4n) is 2.56. The summed E-state index contributed by atoms with van der Waals surface area (Å²) in [4.78, 5) is 5.06. The summed E-state index contributed by atoms with van der Waals surface area (Å²) in [6.45, 7) is 12.3. The minimum atomic E-state index is 0.666. The summed E-state index contributed by atoms with van der Waals surface area (Å²) >= 11 is 0. The van der Waals surface area contributed by atoms with E-state index in [1.165, 1.54) is 31.6 Å². The van der Waals surface area contributed by atoms with Crippen molar-refractivity contribution >= 4 is 0 Å². The van der Waals surface area contributed by atoms with E-state index >= 15 is 0 Å². The van der Waals surface area contributed by atoms with Crippen LogP contribution in [0.15, 0.2) is 12.3 Å². The highest BCUT2D eigenvalue weighted by molar-refractivity contribution is 5.05. The van der Waals surface area contributed by atoms with Gasteiger partial charge in [0.15, 0.2) is 0 Å². The van der Waals surface area contributed by atoms with Gasteiger partial charge in [-0.3, -0.25) is 4.90 Å². The molecular weight excluding hydrogens is 160 g/mol. The van der Waals surface area contributed by atoms with Gasteiger partial charge >= 0.3 is 0 Å². The smallest absolute Gasteiger partial charge is 0.0383 e. The Labute approximate surface area is 81.2 Å². The molecule has 0 N–H and O–H groups in total. The third kappa shape index (κ3) is 1.60. The predicted octanol–water partition coefficient (Wildman–Crippen LogP) is 1.69. The standard InChI is InChI=1S/C11H20N2/c1-9(2)13-8-10(3)12-6-4-11(13)5-7-12/h9,11H,3-8H2,1-2H3. The van der Waals surface area contributed by atoms with Crippen LogP contribution in [0.5, 0.6) is 0 Å². The lowest BCUT2D eigenvalue weighted by Gasteiger charge is -2.33. The van der Waals surface area contributed by atoms with Crippen LogP contribution >= 0.6 is 0 Å². The highest BCUT2D eigenvalue weighted by Crippen LogP contribution is 2.26. The zero-order valence-electron chi connectivity index (χ0n) is 8.79. The second kappa shape index (κ2) is 3.33. The molecule has 0 unspecified atom stereocenters. The summed E-state index contributed by atoms with van der Waals surface area (Å²) in [5, 5.41) is 0. The molecule has 13 heavy (non-hydrogen) atoms. The van der Waals surface area contributed by atoms with Crippen LogP contribution in [-0.2, 0) is 0 Å². The zero-order chi connectivity index (χ0) is 9.42. The average molecular weight is 180 g/mol. The molecule has 0 aromatic heterocycles. The third-order valence-corrected chi connectivity index (χ3v) is 3.41. The number of piperidine rings is 1. The van der Waals surface area contributed by atoms with E-state index < -0.39 is 0 Å². The van der Waals surface area contributed by atoms with Gasteiger partial charge in [-0.2, -0.15) is 0 Å². The van der Waals surface area contributed by atoms with E-state index in [0.29, 0.717) is 6.04 Å². The van der Waals surface area contributed by atoms with Crippen molar-refractivity contribution in [2.75, 3.05) is 19.6 Å². The number of nitrogens with zero attached hydrogens (tertiary/aromatic N) is 2. The first-order chi connectivity index (χ1) is 6.18. The summed E-state index contributed by atoms with van der Waals surface area (Å²) < 4.78 is 0. The fraction of sp³-hybridized carbons (Fsp3) is 0.818. The molecule has 3 aliphatic rings. The first-order valence-electron chi connectivity index (χ1n) is 5.37. The van der Waals surface area contributed by atoms with Crippen LogP contribution in [0.2, 0.25) is 0 Å². The van der Waals surface area contributed by atoms with Crippen LogP contribution in [0.3, 0.4) is 0 Å². The number of fused-ring (bicyclic) bond motifs is 4. The van der Waals surface area contributed by atoms with Crippen LogP contribution in [-0.4, -0.2) is 41.5 Å². The SMILES string of the molecule is C=C1CN(C(C)C)C2CCN1CC2. The molecule has 3 fully saturated rings.